The third kappa shape index (κ3) is 17.4. The lowest BCUT2D eigenvalue weighted by atomic mass is 10.2. The summed E-state index contributed by atoms with van der Waals surface area (Å²) in [5, 5.41) is 0. The molecule has 1 aliphatic rings. The zero-order valence-corrected chi connectivity index (χ0v) is 16.4. The normalized spacial score (nSPS) is 28.0. The van der Waals surface area contributed by atoms with Crippen molar-refractivity contribution in [3.8, 4) is 0 Å². The maximum absolute atomic E-state index is 2.18. The van der Waals surface area contributed by atoms with Crippen molar-refractivity contribution in [2.45, 2.75) is 12.8 Å². The Morgan fingerprint density at radius 3 is 0.500 bits per heavy atom. The third-order valence-electron chi connectivity index (χ3n) is 3.33. The van der Waals surface area contributed by atoms with Crippen molar-refractivity contribution in [2.24, 2.45) is 0 Å². The van der Waals surface area contributed by atoms with Crippen molar-refractivity contribution in [3.63, 3.8) is 0 Å². The molecule has 0 atom stereocenters. The van der Waals surface area contributed by atoms with Crippen LogP contribution in [0.4, 0.5) is 0 Å². The second-order valence-corrected chi connectivity index (χ2v) is 5.67. The standard InChI is InChI=1S/C28H30/c1-2-4-6-8-10-12-14-16-18-20-22-24-26-28-27-25-23-21-19-17-15-13-11-9-7-5-3-1/h1-26H,27-28H2/b2-1?,5-3-,6-4?,9-7-,10-8-,13-11-,14-12-,17-15-,18-16-,21-19-,22-20-,25-23?,26-24-. The monoisotopic (exact) mass is 366 g/mol. The summed E-state index contributed by atoms with van der Waals surface area (Å²) < 4.78 is 0. The van der Waals surface area contributed by atoms with Gasteiger partial charge in [-0.15, -0.1) is 0 Å². The first-order chi connectivity index (χ1) is 14.0. The van der Waals surface area contributed by atoms with Gasteiger partial charge in [0.1, 0.15) is 0 Å². The first-order valence-electron chi connectivity index (χ1n) is 9.65. The molecule has 0 fully saturated rings. The molecule has 1 aliphatic carbocycles. The van der Waals surface area contributed by atoms with Crippen LogP contribution < -0.4 is 0 Å². The Hall–Kier alpha value is -3.38. The molecule has 0 N–H and O–H groups in total. The van der Waals surface area contributed by atoms with Gasteiger partial charge in [0, 0.05) is 0 Å². The van der Waals surface area contributed by atoms with Crippen LogP contribution in [0.2, 0.25) is 0 Å². The second kappa shape index (κ2) is 19.9. The predicted molar refractivity (Wildman–Crippen MR) is 128 cm³/mol. The molecule has 0 heterocycles. The Morgan fingerprint density at radius 1 is 0.179 bits per heavy atom. The van der Waals surface area contributed by atoms with Crippen molar-refractivity contribution in [1.29, 1.82) is 0 Å². The Labute approximate surface area is 171 Å². The van der Waals surface area contributed by atoms with Gasteiger partial charge in [-0.2, -0.15) is 0 Å². The van der Waals surface area contributed by atoms with Gasteiger partial charge in [0.2, 0.25) is 0 Å². The lowest BCUT2D eigenvalue weighted by Gasteiger charge is -1.84. The third-order valence-corrected chi connectivity index (χ3v) is 3.33. The van der Waals surface area contributed by atoms with Gasteiger partial charge in [-0.25, -0.2) is 0 Å². The average Bonchev–Trinajstić information content (AvgIpc) is 2.71. The topological polar surface area (TPSA) is 0 Å². The highest BCUT2D eigenvalue weighted by Crippen LogP contribution is 1.94. The molecule has 0 aliphatic heterocycles. The Bertz CT molecular complexity index is 695. The largest absolute Gasteiger partial charge is 0.0842 e. The van der Waals surface area contributed by atoms with Gasteiger partial charge in [-0.3, -0.25) is 0 Å². The van der Waals surface area contributed by atoms with E-state index in [2.05, 4.69) is 36.5 Å². The molecular formula is C28H30. The molecule has 1 rings (SSSR count). The molecule has 0 aromatic rings. The van der Waals surface area contributed by atoms with E-state index in [-0.39, 0.29) is 0 Å². The molecule has 0 saturated heterocycles. The van der Waals surface area contributed by atoms with Gasteiger partial charge in [-0.05, 0) is 12.8 Å². The number of allylic oxidation sites excluding steroid dienone is 26. The molecule has 0 nitrogen and oxygen atoms in total. The summed E-state index contributed by atoms with van der Waals surface area (Å²) in [7, 11) is 0. The van der Waals surface area contributed by atoms with Crippen molar-refractivity contribution in [2.75, 3.05) is 0 Å². The van der Waals surface area contributed by atoms with Gasteiger partial charge in [0.15, 0.2) is 0 Å². The van der Waals surface area contributed by atoms with Crippen LogP contribution in [0.3, 0.4) is 0 Å². The van der Waals surface area contributed by atoms with Crippen LogP contribution in [0.5, 0.6) is 0 Å². The fourth-order valence-electron chi connectivity index (χ4n) is 1.95. The maximum atomic E-state index is 2.18. The summed E-state index contributed by atoms with van der Waals surface area (Å²) in [5.74, 6) is 0. The molecule has 142 valence electrons. The van der Waals surface area contributed by atoms with E-state index < -0.39 is 0 Å². The molecule has 0 aromatic heterocycles. The van der Waals surface area contributed by atoms with E-state index in [1.54, 1.807) is 0 Å². The lowest BCUT2D eigenvalue weighted by molar-refractivity contribution is 1.05. The van der Waals surface area contributed by atoms with E-state index >= 15 is 0 Å². The Kier molecular flexibility index (Phi) is 16.1. The zero-order valence-electron chi connectivity index (χ0n) is 16.4. The quantitative estimate of drug-likeness (QED) is 0.407. The van der Waals surface area contributed by atoms with Gasteiger partial charge in [-0.1, -0.05) is 158 Å². The first-order valence-corrected chi connectivity index (χ1v) is 9.65. The molecule has 28 heavy (non-hydrogen) atoms. The maximum Gasteiger partial charge on any atom is -0.0313 e. The van der Waals surface area contributed by atoms with Gasteiger partial charge in [0.05, 0.1) is 0 Å². The van der Waals surface area contributed by atoms with Crippen LogP contribution in [0.1, 0.15) is 12.8 Å². The zero-order chi connectivity index (χ0) is 19.8. The summed E-state index contributed by atoms with van der Waals surface area (Å²) in [5.41, 5.74) is 0. The van der Waals surface area contributed by atoms with E-state index in [1.807, 2.05) is 122 Å². The molecule has 0 heteroatoms. The van der Waals surface area contributed by atoms with Crippen molar-refractivity contribution >= 4 is 0 Å². The fraction of sp³-hybridized carbons (Fsp3) is 0.0714. The van der Waals surface area contributed by atoms with Crippen LogP contribution in [0.25, 0.3) is 0 Å². The molecular weight excluding hydrogens is 336 g/mol. The van der Waals surface area contributed by atoms with E-state index in [1.165, 1.54) is 0 Å². The minimum Gasteiger partial charge on any atom is -0.0842 e. The SMILES string of the molecule is C1=C\C=C/C=C\C=C/C=C\C=C/C=CCC\C=C/C=C\C=C/C=C\C=C/C=C1. The second-order valence-electron chi connectivity index (χ2n) is 5.67. The highest BCUT2D eigenvalue weighted by atomic mass is 13.8. The van der Waals surface area contributed by atoms with E-state index in [9.17, 15) is 0 Å². The van der Waals surface area contributed by atoms with Crippen LogP contribution in [-0.4, -0.2) is 0 Å². The summed E-state index contributed by atoms with van der Waals surface area (Å²) >= 11 is 0. The lowest BCUT2D eigenvalue weighted by Crippen LogP contribution is -1.63. The molecule has 0 spiro atoms. The number of rotatable bonds is 0. The Balaban J connectivity index is 2.61. The van der Waals surface area contributed by atoms with E-state index in [0.29, 0.717) is 0 Å². The highest BCUT2D eigenvalue weighted by Gasteiger charge is 1.74. The highest BCUT2D eigenvalue weighted by molar-refractivity contribution is 5.23. The molecule has 0 radical (unpaired) electrons. The first kappa shape index (κ1) is 22.7. The van der Waals surface area contributed by atoms with Crippen LogP contribution in [0, 0.1) is 0 Å². The van der Waals surface area contributed by atoms with Crippen LogP contribution >= 0.6 is 0 Å². The molecule has 0 unspecified atom stereocenters. The molecule has 0 saturated carbocycles. The van der Waals surface area contributed by atoms with Crippen LogP contribution in [-0.2, 0) is 0 Å². The van der Waals surface area contributed by atoms with E-state index in [0.717, 1.165) is 12.8 Å². The summed E-state index contributed by atoms with van der Waals surface area (Å²) in [4.78, 5) is 0. The summed E-state index contributed by atoms with van der Waals surface area (Å²) in [6.07, 6.45) is 55.0. The molecule has 0 amide bonds. The average molecular weight is 367 g/mol. The van der Waals surface area contributed by atoms with Crippen molar-refractivity contribution < 1.29 is 0 Å². The predicted octanol–water partition coefficient (Wildman–Crippen LogP) is 8.01. The number of hydrogen-bond acceptors (Lipinski definition) is 0. The van der Waals surface area contributed by atoms with Gasteiger partial charge >= 0.3 is 0 Å². The molecule has 0 bridgehead atoms. The molecule has 0 aromatic carbocycles. The summed E-state index contributed by atoms with van der Waals surface area (Å²) in [6.45, 7) is 0. The van der Waals surface area contributed by atoms with Crippen LogP contribution in [0.15, 0.2) is 158 Å². The van der Waals surface area contributed by atoms with Gasteiger partial charge < -0.3 is 0 Å². The fourth-order valence-corrected chi connectivity index (χ4v) is 1.95. The smallest absolute Gasteiger partial charge is 0.0313 e. The van der Waals surface area contributed by atoms with E-state index in [4.69, 9.17) is 0 Å². The summed E-state index contributed by atoms with van der Waals surface area (Å²) in [6, 6.07) is 0. The minimum absolute atomic E-state index is 1.05. The van der Waals surface area contributed by atoms with Crippen molar-refractivity contribution in [1.82, 2.24) is 0 Å². The number of hydrogen-bond donors (Lipinski definition) is 0. The minimum atomic E-state index is 1.05. The Morgan fingerprint density at radius 2 is 0.321 bits per heavy atom. The van der Waals surface area contributed by atoms with Crippen molar-refractivity contribution in [3.05, 3.63) is 158 Å². The van der Waals surface area contributed by atoms with Gasteiger partial charge in [0.25, 0.3) is 0 Å².